The highest BCUT2D eigenvalue weighted by atomic mass is 31.2. The molecule has 0 saturated carbocycles. The number of nitrogens with zero attached hydrogens (tertiary/aromatic N) is 1. The molecule has 1 amide bonds. The Morgan fingerprint density at radius 1 is 0.515 bits per heavy atom. The minimum atomic E-state index is -4.69. The van der Waals surface area contributed by atoms with Crippen molar-refractivity contribution < 1.29 is 37.3 Å². The Hall–Kier alpha value is -1.77. The van der Waals surface area contributed by atoms with Crippen molar-refractivity contribution in [1.29, 1.82) is 0 Å². The van der Waals surface area contributed by atoms with Crippen molar-refractivity contribution in [2.75, 3.05) is 40.9 Å². The summed E-state index contributed by atoms with van der Waals surface area (Å²) >= 11 is 0. The Kier molecular flexibility index (Phi) is 45.7. The van der Waals surface area contributed by atoms with E-state index < -0.39 is 26.6 Å². The van der Waals surface area contributed by atoms with Crippen LogP contribution in [0.1, 0.15) is 258 Å². The summed E-state index contributed by atoms with van der Waals surface area (Å²) in [6.45, 7) is 6.79. The fraction of sp³-hybridized carbons (Fsp3) is 0.857. The molecule has 3 unspecified atom stereocenters. The van der Waals surface area contributed by atoms with Gasteiger partial charge in [0.25, 0.3) is 7.82 Å². The molecule has 0 fully saturated rings. The summed E-state index contributed by atoms with van der Waals surface area (Å²) in [6.07, 6.45) is 53.9. The number of phosphoric acid groups is 1. The van der Waals surface area contributed by atoms with E-state index in [4.69, 9.17) is 13.8 Å². The van der Waals surface area contributed by atoms with E-state index in [1.165, 1.54) is 128 Å². The molecule has 3 atom stereocenters. The van der Waals surface area contributed by atoms with Gasteiger partial charge in [-0.3, -0.25) is 14.2 Å². The highest BCUT2D eigenvalue weighted by Gasteiger charge is 2.27. The molecule has 0 aliphatic heterocycles. The second kappa shape index (κ2) is 46.9. The molecule has 0 radical (unpaired) electrons. The standard InChI is InChI=1S/C56H107N2O7P/c1-7-10-13-16-19-22-25-27-28-29-30-31-34-36-39-42-45-48-55(59)57-53(52-64-66(61,62)63-51-50-58(4,5)6)54(47-44-41-38-35-33-26-23-20-17-14-11-8-2)65-56(60)49-46-43-40-37-32-24-21-18-15-12-9-3/h18,21,27-28,44,47,53-54H,7-17,19-20,22-26,29-43,45-46,48-52H2,1-6H3,(H-,57,59,61,62)/b21-18-,28-27+,47-44-. The van der Waals surface area contributed by atoms with Crippen molar-refractivity contribution in [1.82, 2.24) is 5.32 Å². The van der Waals surface area contributed by atoms with E-state index >= 15 is 0 Å². The van der Waals surface area contributed by atoms with E-state index in [2.05, 4.69) is 50.4 Å². The summed E-state index contributed by atoms with van der Waals surface area (Å²) in [4.78, 5) is 39.7. The fourth-order valence-electron chi connectivity index (χ4n) is 7.91. The second-order valence-electron chi connectivity index (χ2n) is 20.1. The number of likely N-dealkylation sites (N-methyl/N-ethyl adjacent to an activating group) is 1. The van der Waals surface area contributed by atoms with Crippen molar-refractivity contribution in [2.24, 2.45) is 0 Å². The molecule has 388 valence electrons. The number of ether oxygens (including phenoxy) is 1. The van der Waals surface area contributed by atoms with Gasteiger partial charge in [-0.1, -0.05) is 205 Å². The lowest BCUT2D eigenvalue weighted by atomic mass is 10.0. The number of nitrogens with one attached hydrogen (secondary N) is 1. The second-order valence-corrected chi connectivity index (χ2v) is 21.5. The quantitative estimate of drug-likeness (QED) is 0.0212. The minimum Gasteiger partial charge on any atom is -0.756 e. The van der Waals surface area contributed by atoms with Gasteiger partial charge in [-0.05, 0) is 76.7 Å². The van der Waals surface area contributed by atoms with Gasteiger partial charge in [0, 0.05) is 12.8 Å². The predicted octanol–water partition coefficient (Wildman–Crippen LogP) is 15.8. The van der Waals surface area contributed by atoms with Crippen LogP contribution in [0.4, 0.5) is 0 Å². The number of quaternary nitrogens is 1. The van der Waals surface area contributed by atoms with Crippen molar-refractivity contribution in [3.8, 4) is 0 Å². The number of carbonyl (C=O) groups excluding carboxylic acids is 2. The highest BCUT2D eigenvalue weighted by Crippen LogP contribution is 2.38. The largest absolute Gasteiger partial charge is 0.756 e. The fourth-order valence-corrected chi connectivity index (χ4v) is 8.63. The summed E-state index contributed by atoms with van der Waals surface area (Å²) in [5.74, 6) is -0.553. The molecule has 0 saturated heterocycles. The Morgan fingerprint density at radius 3 is 1.33 bits per heavy atom. The maximum Gasteiger partial charge on any atom is 0.306 e. The van der Waals surface area contributed by atoms with E-state index in [-0.39, 0.29) is 24.9 Å². The molecule has 0 aromatic rings. The third-order valence-corrected chi connectivity index (χ3v) is 13.3. The number of unbranched alkanes of at least 4 members (excludes halogenated alkanes) is 30. The summed E-state index contributed by atoms with van der Waals surface area (Å²) in [5.41, 5.74) is 0. The monoisotopic (exact) mass is 951 g/mol. The normalized spacial score (nSPS) is 14.1. The summed E-state index contributed by atoms with van der Waals surface area (Å²) < 4.78 is 30.2. The first-order valence-electron chi connectivity index (χ1n) is 27.8. The molecule has 0 aromatic carbocycles. The van der Waals surface area contributed by atoms with E-state index in [1.807, 2.05) is 33.3 Å². The van der Waals surface area contributed by atoms with Crippen LogP contribution in [0.2, 0.25) is 0 Å². The predicted molar refractivity (Wildman–Crippen MR) is 279 cm³/mol. The molecule has 9 nitrogen and oxygen atoms in total. The average Bonchev–Trinajstić information content (AvgIpc) is 3.27. The topological polar surface area (TPSA) is 114 Å². The Morgan fingerprint density at radius 2 is 0.894 bits per heavy atom. The molecular formula is C56H107N2O7P. The Labute approximate surface area is 408 Å². The summed E-state index contributed by atoms with van der Waals surface area (Å²) in [5, 5.41) is 3.01. The number of esters is 1. The molecule has 0 aliphatic carbocycles. The molecule has 66 heavy (non-hydrogen) atoms. The summed E-state index contributed by atoms with van der Waals surface area (Å²) in [6, 6.07) is -0.889. The number of phosphoric ester groups is 1. The molecular weight excluding hydrogens is 844 g/mol. The number of hydrogen-bond donors (Lipinski definition) is 1. The third-order valence-electron chi connectivity index (χ3n) is 12.3. The molecule has 0 spiro atoms. The summed E-state index contributed by atoms with van der Waals surface area (Å²) in [7, 11) is 1.18. The smallest absolute Gasteiger partial charge is 0.306 e. The molecule has 0 rings (SSSR count). The van der Waals surface area contributed by atoms with Gasteiger partial charge in [-0.2, -0.15) is 0 Å². The first kappa shape index (κ1) is 64.2. The van der Waals surface area contributed by atoms with Gasteiger partial charge in [0.15, 0.2) is 0 Å². The SMILES string of the molecule is CCCC/C=C\CCCCCCCC(=O)OC(/C=C\CCCCCCCCCCCC)C(COP(=O)([O-])OCC[N+](C)(C)C)NC(=O)CCCCCCCCC/C=C/CCCCCCCC. The number of rotatable bonds is 50. The van der Waals surface area contributed by atoms with Gasteiger partial charge in [0.1, 0.15) is 19.3 Å². The van der Waals surface area contributed by atoms with Crippen molar-refractivity contribution in [2.45, 2.75) is 270 Å². The molecule has 10 heteroatoms. The van der Waals surface area contributed by atoms with Gasteiger partial charge < -0.3 is 28.5 Å². The first-order valence-corrected chi connectivity index (χ1v) is 29.3. The van der Waals surface area contributed by atoms with Crippen LogP contribution in [-0.4, -0.2) is 69.4 Å². The Balaban J connectivity index is 5.34. The van der Waals surface area contributed by atoms with E-state index in [0.717, 1.165) is 96.3 Å². The average molecular weight is 951 g/mol. The maximum atomic E-state index is 13.4. The van der Waals surface area contributed by atoms with E-state index in [1.54, 1.807) is 0 Å². The van der Waals surface area contributed by atoms with Gasteiger partial charge in [-0.15, -0.1) is 0 Å². The number of allylic oxidation sites excluding steroid dienone is 5. The number of amides is 1. The lowest BCUT2D eigenvalue weighted by Crippen LogP contribution is -2.47. The molecule has 0 aromatic heterocycles. The zero-order valence-electron chi connectivity index (χ0n) is 44.2. The minimum absolute atomic E-state index is 0.0233. The van der Waals surface area contributed by atoms with Gasteiger partial charge in [-0.25, -0.2) is 0 Å². The number of carbonyl (C=O) groups is 2. The van der Waals surface area contributed by atoms with Crippen LogP contribution < -0.4 is 10.2 Å². The molecule has 0 bridgehead atoms. The lowest BCUT2D eigenvalue weighted by Gasteiger charge is -2.30. The van der Waals surface area contributed by atoms with Crippen LogP contribution in [0.5, 0.6) is 0 Å². The van der Waals surface area contributed by atoms with Gasteiger partial charge in [0.2, 0.25) is 5.91 Å². The Bertz CT molecular complexity index is 1230. The zero-order chi connectivity index (χ0) is 48.7. The van der Waals surface area contributed by atoms with Gasteiger partial charge >= 0.3 is 5.97 Å². The van der Waals surface area contributed by atoms with Crippen LogP contribution in [0.15, 0.2) is 36.5 Å². The molecule has 0 heterocycles. The highest BCUT2D eigenvalue weighted by molar-refractivity contribution is 7.45. The molecule has 1 N–H and O–H groups in total. The van der Waals surface area contributed by atoms with Crippen LogP contribution >= 0.6 is 7.82 Å². The first-order chi connectivity index (χ1) is 31.9. The van der Waals surface area contributed by atoms with Crippen molar-refractivity contribution in [3.05, 3.63) is 36.5 Å². The van der Waals surface area contributed by atoms with Crippen LogP contribution in [0.3, 0.4) is 0 Å². The van der Waals surface area contributed by atoms with Gasteiger partial charge in [0.05, 0.1) is 33.8 Å². The molecule has 0 aliphatic rings. The van der Waals surface area contributed by atoms with E-state index in [9.17, 15) is 19.0 Å². The third kappa shape index (κ3) is 47.3. The van der Waals surface area contributed by atoms with Crippen molar-refractivity contribution in [3.63, 3.8) is 0 Å². The number of hydrogen-bond acceptors (Lipinski definition) is 7. The zero-order valence-corrected chi connectivity index (χ0v) is 45.0. The lowest BCUT2D eigenvalue weighted by molar-refractivity contribution is -0.870. The van der Waals surface area contributed by atoms with Crippen LogP contribution in [0.25, 0.3) is 0 Å². The maximum absolute atomic E-state index is 13.4. The van der Waals surface area contributed by atoms with Crippen LogP contribution in [0, 0.1) is 0 Å². The van der Waals surface area contributed by atoms with Crippen LogP contribution in [-0.2, 0) is 27.9 Å². The van der Waals surface area contributed by atoms with Crippen molar-refractivity contribution >= 4 is 19.7 Å². The van der Waals surface area contributed by atoms with E-state index in [0.29, 0.717) is 17.4 Å².